The molecule has 0 fully saturated rings. The molecule has 0 aliphatic heterocycles. The Labute approximate surface area is 170 Å². The zero-order valence-corrected chi connectivity index (χ0v) is 17.4. The molecular formula is C22H28N2O5. The normalized spacial score (nSPS) is 10.5. The van der Waals surface area contributed by atoms with Crippen molar-refractivity contribution in [2.75, 3.05) is 19.8 Å². The minimum atomic E-state index is -0.574. The van der Waals surface area contributed by atoms with Gasteiger partial charge in [-0.25, -0.2) is 9.59 Å². The molecule has 1 heterocycles. The van der Waals surface area contributed by atoms with E-state index < -0.39 is 11.9 Å². The monoisotopic (exact) mass is 400 g/mol. The van der Waals surface area contributed by atoms with Gasteiger partial charge in [0, 0.05) is 12.1 Å². The topological polar surface area (TPSA) is 97.5 Å². The molecule has 1 amide bonds. The lowest BCUT2D eigenvalue weighted by atomic mass is 10.1. The zero-order valence-electron chi connectivity index (χ0n) is 17.4. The molecule has 0 saturated carbocycles. The van der Waals surface area contributed by atoms with Crippen molar-refractivity contribution >= 4 is 17.8 Å². The molecule has 29 heavy (non-hydrogen) atoms. The fraction of sp³-hybridized carbons (Fsp3) is 0.409. The Morgan fingerprint density at radius 1 is 1.00 bits per heavy atom. The molecule has 1 aromatic heterocycles. The van der Waals surface area contributed by atoms with E-state index in [1.54, 1.807) is 20.8 Å². The molecule has 2 N–H and O–H groups in total. The summed E-state index contributed by atoms with van der Waals surface area (Å²) in [5, 5.41) is 2.74. The van der Waals surface area contributed by atoms with Crippen molar-refractivity contribution in [3.8, 4) is 0 Å². The summed E-state index contributed by atoms with van der Waals surface area (Å²) in [4.78, 5) is 39.1. The molecular weight excluding hydrogens is 372 g/mol. The molecule has 2 aromatic rings. The number of amides is 1. The number of carbonyl (C=O) groups is 3. The highest BCUT2D eigenvalue weighted by Gasteiger charge is 2.23. The number of aromatic nitrogens is 1. The zero-order chi connectivity index (χ0) is 21.4. The van der Waals surface area contributed by atoms with Crippen molar-refractivity contribution in [3.63, 3.8) is 0 Å². The highest BCUT2D eigenvalue weighted by molar-refractivity contribution is 5.98. The van der Waals surface area contributed by atoms with Crippen LogP contribution in [-0.2, 0) is 20.7 Å². The maximum Gasteiger partial charge on any atom is 0.355 e. The summed E-state index contributed by atoms with van der Waals surface area (Å²) in [5.41, 5.74) is 3.90. The van der Waals surface area contributed by atoms with Gasteiger partial charge >= 0.3 is 11.9 Å². The number of hydrogen-bond acceptors (Lipinski definition) is 5. The molecule has 7 nitrogen and oxygen atoms in total. The molecule has 2 rings (SSSR count). The van der Waals surface area contributed by atoms with Gasteiger partial charge in [-0.15, -0.1) is 0 Å². The van der Waals surface area contributed by atoms with Crippen molar-refractivity contribution in [2.24, 2.45) is 0 Å². The van der Waals surface area contributed by atoms with Crippen LogP contribution in [0, 0.1) is 20.8 Å². The number of hydrogen-bond donors (Lipinski definition) is 2. The SMILES string of the molecule is CCOC(=O)c1c(C)[nH]c(C(=O)OCCNC(=O)CCc2ccc(C)cc2)c1C. The lowest BCUT2D eigenvalue weighted by Crippen LogP contribution is -2.28. The van der Waals surface area contributed by atoms with Crippen LogP contribution < -0.4 is 5.32 Å². The molecule has 0 aliphatic carbocycles. The Morgan fingerprint density at radius 3 is 2.34 bits per heavy atom. The van der Waals surface area contributed by atoms with Gasteiger partial charge < -0.3 is 19.8 Å². The molecule has 0 bridgehead atoms. The van der Waals surface area contributed by atoms with E-state index in [0.29, 0.717) is 29.7 Å². The van der Waals surface area contributed by atoms with Crippen LogP contribution in [-0.4, -0.2) is 42.6 Å². The number of esters is 2. The third kappa shape index (κ3) is 6.20. The maximum atomic E-state index is 12.3. The van der Waals surface area contributed by atoms with Crippen LogP contribution in [0.1, 0.15) is 56.6 Å². The van der Waals surface area contributed by atoms with Gasteiger partial charge in [-0.3, -0.25) is 4.79 Å². The summed E-state index contributed by atoms with van der Waals surface area (Å²) in [6.45, 7) is 7.63. The first kappa shape index (κ1) is 22.2. The van der Waals surface area contributed by atoms with Crippen molar-refractivity contribution in [1.29, 1.82) is 0 Å². The van der Waals surface area contributed by atoms with Crippen LogP contribution in [0.2, 0.25) is 0 Å². The van der Waals surface area contributed by atoms with Crippen LogP contribution in [0.25, 0.3) is 0 Å². The molecule has 0 aliphatic rings. The molecule has 0 atom stereocenters. The average Bonchev–Trinajstić information content (AvgIpc) is 2.99. The number of rotatable bonds is 9. The predicted octanol–water partition coefficient (Wildman–Crippen LogP) is 3.02. The first-order chi connectivity index (χ1) is 13.8. The second-order valence-electron chi connectivity index (χ2n) is 6.82. The van der Waals surface area contributed by atoms with Gasteiger partial charge in [-0.2, -0.15) is 0 Å². The van der Waals surface area contributed by atoms with Gasteiger partial charge in [0.2, 0.25) is 5.91 Å². The molecule has 0 spiro atoms. The van der Waals surface area contributed by atoms with Crippen molar-refractivity contribution in [1.82, 2.24) is 10.3 Å². The van der Waals surface area contributed by atoms with Gasteiger partial charge in [0.25, 0.3) is 0 Å². The van der Waals surface area contributed by atoms with E-state index in [-0.39, 0.29) is 31.4 Å². The van der Waals surface area contributed by atoms with Crippen LogP contribution in [0.4, 0.5) is 0 Å². The van der Waals surface area contributed by atoms with E-state index in [0.717, 1.165) is 5.56 Å². The van der Waals surface area contributed by atoms with E-state index in [4.69, 9.17) is 9.47 Å². The highest BCUT2D eigenvalue weighted by atomic mass is 16.5. The summed E-state index contributed by atoms with van der Waals surface area (Å²) in [5.74, 6) is -1.15. The van der Waals surface area contributed by atoms with Crippen LogP contribution >= 0.6 is 0 Å². The van der Waals surface area contributed by atoms with E-state index in [1.807, 2.05) is 31.2 Å². The lowest BCUT2D eigenvalue weighted by Gasteiger charge is -2.07. The molecule has 0 radical (unpaired) electrons. The van der Waals surface area contributed by atoms with Gasteiger partial charge in [0.15, 0.2) is 0 Å². The summed E-state index contributed by atoms with van der Waals surface area (Å²) < 4.78 is 10.2. The first-order valence-electron chi connectivity index (χ1n) is 9.69. The van der Waals surface area contributed by atoms with Crippen LogP contribution in [0.3, 0.4) is 0 Å². The highest BCUT2D eigenvalue weighted by Crippen LogP contribution is 2.19. The van der Waals surface area contributed by atoms with Gasteiger partial charge in [0.05, 0.1) is 18.7 Å². The number of aryl methyl sites for hydroxylation is 3. The number of benzene rings is 1. The second kappa shape index (κ2) is 10.5. The lowest BCUT2D eigenvalue weighted by molar-refractivity contribution is -0.121. The number of ether oxygens (including phenoxy) is 2. The standard InChI is InChI=1S/C22H28N2O5/c1-5-28-21(26)19-15(3)20(24-16(19)4)22(27)29-13-12-23-18(25)11-10-17-8-6-14(2)7-9-17/h6-9,24H,5,10-13H2,1-4H3,(H,23,25). The van der Waals surface area contributed by atoms with Crippen molar-refractivity contribution < 1.29 is 23.9 Å². The fourth-order valence-corrected chi connectivity index (χ4v) is 2.97. The van der Waals surface area contributed by atoms with Gasteiger partial charge in [0.1, 0.15) is 12.3 Å². The Kier molecular flexibility index (Phi) is 8.00. The maximum absolute atomic E-state index is 12.3. The molecule has 0 unspecified atom stereocenters. The summed E-state index contributed by atoms with van der Waals surface area (Å²) >= 11 is 0. The number of H-pyrrole nitrogens is 1. The Bertz CT molecular complexity index is 868. The van der Waals surface area contributed by atoms with Crippen LogP contribution in [0.5, 0.6) is 0 Å². The smallest absolute Gasteiger partial charge is 0.355 e. The van der Waals surface area contributed by atoms with Crippen molar-refractivity contribution in [2.45, 2.75) is 40.5 Å². The van der Waals surface area contributed by atoms with Gasteiger partial charge in [-0.05, 0) is 45.2 Å². The minimum Gasteiger partial charge on any atom is -0.462 e. The Morgan fingerprint density at radius 2 is 1.69 bits per heavy atom. The Balaban J connectivity index is 1.77. The van der Waals surface area contributed by atoms with E-state index in [2.05, 4.69) is 10.3 Å². The number of aromatic amines is 1. The summed E-state index contributed by atoms with van der Waals surface area (Å²) in [7, 11) is 0. The average molecular weight is 400 g/mol. The third-order valence-electron chi connectivity index (χ3n) is 4.54. The summed E-state index contributed by atoms with van der Waals surface area (Å²) in [6, 6.07) is 8.06. The largest absolute Gasteiger partial charge is 0.462 e. The number of nitrogens with one attached hydrogen (secondary N) is 2. The summed E-state index contributed by atoms with van der Waals surface area (Å²) in [6.07, 6.45) is 1.03. The van der Waals surface area contributed by atoms with E-state index in [9.17, 15) is 14.4 Å². The van der Waals surface area contributed by atoms with E-state index >= 15 is 0 Å². The minimum absolute atomic E-state index is 0.0430. The third-order valence-corrected chi connectivity index (χ3v) is 4.54. The van der Waals surface area contributed by atoms with Crippen molar-refractivity contribution in [3.05, 3.63) is 57.9 Å². The molecule has 156 valence electrons. The first-order valence-corrected chi connectivity index (χ1v) is 9.69. The fourth-order valence-electron chi connectivity index (χ4n) is 2.97. The van der Waals surface area contributed by atoms with Gasteiger partial charge in [-0.1, -0.05) is 29.8 Å². The quantitative estimate of drug-likeness (QED) is 0.498. The van der Waals surface area contributed by atoms with Crippen LogP contribution in [0.15, 0.2) is 24.3 Å². The molecule has 7 heteroatoms. The molecule has 0 saturated heterocycles. The van der Waals surface area contributed by atoms with E-state index in [1.165, 1.54) is 5.56 Å². The molecule has 1 aromatic carbocycles. The number of carbonyl (C=O) groups excluding carboxylic acids is 3. The predicted molar refractivity (Wildman–Crippen MR) is 109 cm³/mol. The Hall–Kier alpha value is -3.09. The second-order valence-corrected chi connectivity index (χ2v) is 6.82.